The van der Waals surface area contributed by atoms with Gasteiger partial charge in [0.1, 0.15) is 0 Å². The number of nitrogens with two attached hydrogens (primary N) is 1. The molecule has 1 aromatic rings. The van der Waals surface area contributed by atoms with Crippen molar-refractivity contribution in [3.05, 3.63) is 29.8 Å². The Morgan fingerprint density at radius 1 is 1.33 bits per heavy atom. The summed E-state index contributed by atoms with van der Waals surface area (Å²) in [6.45, 7) is 0. The van der Waals surface area contributed by atoms with Gasteiger partial charge in [-0.3, -0.25) is 4.79 Å². The van der Waals surface area contributed by atoms with Crippen LogP contribution in [0.1, 0.15) is 25.7 Å². The summed E-state index contributed by atoms with van der Waals surface area (Å²) >= 11 is 0. The van der Waals surface area contributed by atoms with Gasteiger partial charge in [0.2, 0.25) is 5.91 Å². The molecule has 0 bridgehead atoms. The largest absolute Gasteiger partial charge is 0.328 e. The van der Waals surface area contributed by atoms with Crippen LogP contribution in [0.4, 0.5) is 14.5 Å². The lowest BCUT2D eigenvalue weighted by atomic mass is 9.85. The smallest absolute Gasteiger partial charge is 0.227 e. The lowest BCUT2D eigenvalue weighted by Gasteiger charge is -2.25. The highest BCUT2D eigenvalue weighted by molar-refractivity contribution is 5.92. The molecule has 1 aromatic carbocycles. The number of hydrogen-bond donors (Lipinski definition) is 2. The van der Waals surface area contributed by atoms with Gasteiger partial charge in [0, 0.05) is 12.0 Å². The number of benzene rings is 1. The molecule has 1 amide bonds. The Kier molecular flexibility index (Phi) is 3.91. The van der Waals surface area contributed by atoms with Gasteiger partial charge in [0.15, 0.2) is 11.6 Å². The van der Waals surface area contributed by atoms with E-state index in [-0.39, 0.29) is 23.6 Å². The summed E-state index contributed by atoms with van der Waals surface area (Å²) in [5.74, 6) is -2.48. The highest BCUT2D eigenvalue weighted by atomic mass is 19.2. The number of carbonyl (C=O) groups excluding carboxylic acids is 1. The Labute approximate surface area is 104 Å². The van der Waals surface area contributed by atoms with E-state index in [1.165, 1.54) is 12.1 Å². The normalized spacial score (nSPS) is 23.7. The minimum atomic E-state index is -1.02. The monoisotopic (exact) mass is 254 g/mol. The van der Waals surface area contributed by atoms with Gasteiger partial charge in [-0.2, -0.15) is 0 Å². The molecule has 0 spiro atoms. The third kappa shape index (κ3) is 2.85. The maximum atomic E-state index is 13.4. The molecule has 98 valence electrons. The minimum absolute atomic E-state index is 0.0202. The zero-order valence-electron chi connectivity index (χ0n) is 9.96. The molecule has 1 aliphatic carbocycles. The Hall–Kier alpha value is -1.49. The first-order valence-corrected chi connectivity index (χ1v) is 6.08. The maximum absolute atomic E-state index is 13.4. The Morgan fingerprint density at radius 3 is 2.83 bits per heavy atom. The van der Waals surface area contributed by atoms with Crippen LogP contribution in [0.5, 0.6) is 0 Å². The standard InChI is InChI=1S/C13H16F2N2O/c14-10-5-2-6-11(12(10)15)17-13(18)8-3-1-4-9(16)7-8/h2,5-6,8-9H,1,3-4,7,16H2,(H,17,18). The van der Waals surface area contributed by atoms with E-state index >= 15 is 0 Å². The summed E-state index contributed by atoms with van der Waals surface area (Å²) in [7, 11) is 0. The van der Waals surface area contributed by atoms with E-state index in [2.05, 4.69) is 5.32 Å². The van der Waals surface area contributed by atoms with Crippen LogP contribution in [0, 0.1) is 17.6 Å². The van der Waals surface area contributed by atoms with Crippen molar-refractivity contribution in [1.82, 2.24) is 0 Å². The van der Waals surface area contributed by atoms with Crippen LogP contribution in [0.15, 0.2) is 18.2 Å². The average molecular weight is 254 g/mol. The topological polar surface area (TPSA) is 55.1 Å². The number of nitrogens with one attached hydrogen (secondary N) is 1. The second kappa shape index (κ2) is 5.44. The highest BCUT2D eigenvalue weighted by Crippen LogP contribution is 2.25. The molecular formula is C13H16F2N2O. The summed E-state index contributed by atoms with van der Waals surface area (Å²) in [5.41, 5.74) is 5.68. The number of anilines is 1. The molecule has 3 nitrogen and oxygen atoms in total. The second-order valence-corrected chi connectivity index (χ2v) is 4.71. The van der Waals surface area contributed by atoms with Crippen LogP contribution in [0.2, 0.25) is 0 Å². The quantitative estimate of drug-likeness (QED) is 0.851. The van der Waals surface area contributed by atoms with Crippen LogP contribution in [0.3, 0.4) is 0 Å². The maximum Gasteiger partial charge on any atom is 0.227 e. The van der Waals surface area contributed by atoms with E-state index < -0.39 is 11.6 Å². The molecule has 1 aliphatic rings. The molecule has 0 heterocycles. The molecule has 2 rings (SSSR count). The van der Waals surface area contributed by atoms with Crippen molar-refractivity contribution in [2.45, 2.75) is 31.7 Å². The van der Waals surface area contributed by atoms with Crippen LogP contribution in [-0.4, -0.2) is 11.9 Å². The summed E-state index contributed by atoms with van der Waals surface area (Å²) < 4.78 is 26.4. The average Bonchev–Trinajstić information content (AvgIpc) is 2.35. The second-order valence-electron chi connectivity index (χ2n) is 4.71. The summed E-state index contributed by atoms with van der Waals surface area (Å²) in [6, 6.07) is 3.74. The number of hydrogen-bond acceptors (Lipinski definition) is 2. The molecule has 1 saturated carbocycles. The first kappa shape index (κ1) is 13.0. The minimum Gasteiger partial charge on any atom is -0.328 e. The molecular weight excluding hydrogens is 238 g/mol. The van der Waals surface area contributed by atoms with E-state index in [1.807, 2.05) is 0 Å². The number of amides is 1. The third-order valence-corrected chi connectivity index (χ3v) is 3.30. The van der Waals surface area contributed by atoms with Gasteiger partial charge in [-0.15, -0.1) is 0 Å². The summed E-state index contributed by atoms with van der Waals surface area (Å²) in [5, 5.41) is 2.43. The van der Waals surface area contributed by atoms with E-state index in [4.69, 9.17) is 5.73 Å². The van der Waals surface area contributed by atoms with Crippen LogP contribution >= 0.6 is 0 Å². The SMILES string of the molecule is NC1CCCC(C(=O)Nc2cccc(F)c2F)C1. The van der Waals surface area contributed by atoms with Crippen molar-refractivity contribution in [2.24, 2.45) is 11.7 Å². The first-order chi connectivity index (χ1) is 8.58. The Balaban J connectivity index is 2.04. The zero-order valence-corrected chi connectivity index (χ0v) is 9.96. The molecule has 18 heavy (non-hydrogen) atoms. The Morgan fingerprint density at radius 2 is 2.11 bits per heavy atom. The van der Waals surface area contributed by atoms with Gasteiger partial charge in [-0.1, -0.05) is 12.5 Å². The molecule has 5 heteroatoms. The van der Waals surface area contributed by atoms with E-state index in [1.54, 1.807) is 0 Å². The zero-order chi connectivity index (χ0) is 13.1. The first-order valence-electron chi connectivity index (χ1n) is 6.08. The fourth-order valence-electron chi connectivity index (χ4n) is 2.30. The predicted octanol–water partition coefficient (Wildman–Crippen LogP) is 2.42. The van der Waals surface area contributed by atoms with Crippen molar-refractivity contribution in [2.75, 3.05) is 5.32 Å². The Bertz CT molecular complexity index is 451. The molecule has 2 unspecified atom stereocenters. The summed E-state index contributed by atoms with van der Waals surface area (Å²) in [6.07, 6.45) is 3.15. The van der Waals surface area contributed by atoms with Gasteiger partial charge in [0.25, 0.3) is 0 Å². The van der Waals surface area contributed by atoms with Crippen molar-refractivity contribution in [1.29, 1.82) is 0 Å². The van der Waals surface area contributed by atoms with E-state index in [9.17, 15) is 13.6 Å². The molecule has 1 fully saturated rings. The van der Waals surface area contributed by atoms with Crippen molar-refractivity contribution in [3.8, 4) is 0 Å². The van der Waals surface area contributed by atoms with Gasteiger partial charge in [-0.05, 0) is 31.4 Å². The molecule has 2 atom stereocenters. The lowest BCUT2D eigenvalue weighted by molar-refractivity contribution is -0.120. The van der Waals surface area contributed by atoms with Crippen molar-refractivity contribution in [3.63, 3.8) is 0 Å². The van der Waals surface area contributed by atoms with Crippen LogP contribution in [-0.2, 0) is 4.79 Å². The number of rotatable bonds is 2. The fraction of sp³-hybridized carbons (Fsp3) is 0.462. The van der Waals surface area contributed by atoms with E-state index in [0.29, 0.717) is 6.42 Å². The molecule has 0 aliphatic heterocycles. The van der Waals surface area contributed by atoms with Gasteiger partial charge >= 0.3 is 0 Å². The molecule has 0 aromatic heterocycles. The highest BCUT2D eigenvalue weighted by Gasteiger charge is 2.26. The van der Waals surface area contributed by atoms with Gasteiger partial charge in [0.05, 0.1) is 5.69 Å². The predicted molar refractivity (Wildman–Crippen MR) is 64.9 cm³/mol. The number of carbonyl (C=O) groups is 1. The molecule has 0 saturated heterocycles. The van der Waals surface area contributed by atoms with Crippen molar-refractivity contribution >= 4 is 11.6 Å². The van der Waals surface area contributed by atoms with Gasteiger partial charge < -0.3 is 11.1 Å². The summed E-state index contributed by atoms with van der Waals surface area (Å²) in [4.78, 5) is 11.9. The van der Waals surface area contributed by atoms with Crippen molar-refractivity contribution < 1.29 is 13.6 Å². The van der Waals surface area contributed by atoms with E-state index in [0.717, 1.165) is 25.3 Å². The molecule has 0 radical (unpaired) electrons. The fourth-order valence-corrected chi connectivity index (χ4v) is 2.30. The van der Waals surface area contributed by atoms with Crippen LogP contribution in [0.25, 0.3) is 0 Å². The van der Waals surface area contributed by atoms with Gasteiger partial charge in [-0.25, -0.2) is 8.78 Å². The molecule has 3 N–H and O–H groups in total. The third-order valence-electron chi connectivity index (χ3n) is 3.30. The lowest BCUT2D eigenvalue weighted by Crippen LogP contribution is -2.34. The van der Waals surface area contributed by atoms with Crippen LogP contribution < -0.4 is 11.1 Å². The number of halogens is 2.